The van der Waals surface area contributed by atoms with Crippen molar-refractivity contribution in [3.8, 4) is 0 Å². The van der Waals surface area contributed by atoms with Crippen LogP contribution in [-0.4, -0.2) is 24.5 Å². The lowest BCUT2D eigenvalue weighted by atomic mass is 9.84. The van der Waals surface area contributed by atoms with Crippen LogP contribution in [0.25, 0.3) is 0 Å². The van der Waals surface area contributed by atoms with Gasteiger partial charge >= 0.3 is 0 Å². The second kappa shape index (κ2) is 6.74. The predicted molar refractivity (Wildman–Crippen MR) is 82.6 cm³/mol. The lowest BCUT2D eigenvalue weighted by molar-refractivity contribution is 0.141. The third-order valence-corrected chi connectivity index (χ3v) is 4.78. The van der Waals surface area contributed by atoms with Crippen LogP contribution in [0.5, 0.6) is 0 Å². The van der Waals surface area contributed by atoms with Crippen LogP contribution in [0.2, 0.25) is 5.02 Å². The Labute approximate surface area is 121 Å². The lowest BCUT2D eigenvalue weighted by Gasteiger charge is -2.36. The van der Waals surface area contributed by atoms with E-state index in [-0.39, 0.29) is 0 Å². The maximum Gasteiger partial charge on any atom is 0.0470 e. The van der Waals surface area contributed by atoms with Gasteiger partial charge in [-0.2, -0.15) is 0 Å². The molecule has 2 nitrogen and oxygen atoms in total. The van der Waals surface area contributed by atoms with Crippen LogP contribution < -0.4 is 5.73 Å². The Kier molecular flexibility index (Phi) is 5.26. The summed E-state index contributed by atoms with van der Waals surface area (Å²) in [5.41, 5.74) is 8.40. The van der Waals surface area contributed by atoms with Crippen LogP contribution in [-0.2, 0) is 0 Å². The largest absolute Gasteiger partial charge is 0.329 e. The second-order valence-electron chi connectivity index (χ2n) is 5.64. The zero-order valence-electron chi connectivity index (χ0n) is 12.0. The van der Waals surface area contributed by atoms with Gasteiger partial charge in [0.15, 0.2) is 0 Å². The molecule has 0 aliphatic heterocycles. The monoisotopic (exact) mass is 280 g/mol. The Balaban J connectivity index is 2.13. The van der Waals surface area contributed by atoms with Gasteiger partial charge < -0.3 is 5.73 Å². The Morgan fingerprint density at radius 3 is 2.63 bits per heavy atom. The molecule has 1 aliphatic rings. The molecular weight excluding hydrogens is 256 g/mol. The fourth-order valence-corrected chi connectivity index (χ4v) is 2.99. The van der Waals surface area contributed by atoms with Gasteiger partial charge in [-0.15, -0.1) is 0 Å². The van der Waals surface area contributed by atoms with Gasteiger partial charge in [0.25, 0.3) is 0 Å². The highest BCUT2D eigenvalue weighted by atomic mass is 35.5. The highest BCUT2D eigenvalue weighted by Crippen LogP contribution is 2.31. The molecule has 1 unspecified atom stereocenters. The van der Waals surface area contributed by atoms with Crippen LogP contribution in [0, 0.1) is 12.8 Å². The minimum atomic E-state index is 0.295. The third-order valence-electron chi connectivity index (χ3n) is 4.37. The first kappa shape index (κ1) is 14.8. The normalized spacial score (nSPS) is 17.5. The zero-order valence-corrected chi connectivity index (χ0v) is 12.8. The summed E-state index contributed by atoms with van der Waals surface area (Å²) in [6.07, 6.45) is 4.15. The van der Waals surface area contributed by atoms with Gasteiger partial charge in [0, 0.05) is 24.2 Å². The van der Waals surface area contributed by atoms with Gasteiger partial charge in [0.05, 0.1) is 0 Å². The average Bonchev–Trinajstić information content (AvgIpc) is 2.36. The van der Waals surface area contributed by atoms with E-state index in [1.807, 2.05) is 6.92 Å². The van der Waals surface area contributed by atoms with Crippen molar-refractivity contribution in [2.24, 2.45) is 11.7 Å². The summed E-state index contributed by atoms with van der Waals surface area (Å²) in [5, 5.41) is 0.843. The molecule has 0 heterocycles. The van der Waals surface area contributed by atoms with E-state index in [1.165, 1.54) is 31.4 Å². The Bertz CT molecular complexity index is 415. The first-order valence-electron chi connectivity index (χ1n) is 7.35. The van der Waals surface area contributed by atoms with Crippen molar-refractivity contribution in [2.45, 2.75) is 39.2 Å². The number of hydrogen-bond donors (Lipinski definition) is 1. The maximum absolute atomic E-state index is 6.25. The lowest BCUT2D eigenvalue weighted by Crippen LogP contribution is -2.38. The molecule has 19 heavy (non-hydrogen) atoms. The smallest absolute Gasteiger partial charge is 0.0470 e. The van der Waals surface area contributed by atoms with Gasteiger partial charge in [-0.05, 0) is 49.4 Å². The minimum absolute atomic E-state index is 0.295. The Morgan fingerprint density at radius 1 is 1.42 bits per heavy atom. The number of likely N-dealkylation sites (N-methyl/N-ethyl adjacent to an activating group) is 1. The molecule has 1 aromatic rings. The minimum Gasteiger partial charge on any atom is -0.329 e. The van der Waals surface area contributed by atoms with Gasteiger partial charge in [0.1, 0.15) is 0 Å². The van der Waals surface area contributed by atoms with Crippen LogP contribution in [0.3, 0.4) is 0 Å². The van der Waals surface area contributed by atoms with Gasteiger partial charge in [0.2, 0.25) is 0 Å². The summed E-state index contributed by atoms with van der Waals surface area (Å²) in [6.45, 7) is 7.13. The predicted octanol–water partition coefficient (Wildman–Crippen LogP) is 3.77. The zero-order chi connectivity index (χ0) is 13.8. The number of rotatable bonds is 6. The first-order chi connectivity index (χ1) is 9.15. The topological polar surface area (TPSA) is 29.3 Å². The fraction of sp³-hybridized carbons (Fsp3) is 0.625. The number of hydrogen-bond acceptors (Lipinski definition) is 2. The molecule has 0 spiro atoms. The molecule has 0 bridgehead atoms. The van der Waals surface area contributed by atoms with E-state index < -0.39 is 0 Å². The average molecular weight is 281 g/mol. The summed E-state index contributed by atoms with van der Waals surface area (Å²) in [5.74, 6) is 0.870. The summed E-state index contributed by atoms with van der Waals surface area (Å²) < 4.78 is 0. The molecule has 3 heteroatoms. The van der Waals surface area contributed by atoms with E-state index in [0.717, 1.165) is 23.0 Å². The van der Waals surface area contributed by atoms with Gasteiger partial charge in [-0.1, -0.05) is 37.1 Å². The van der Waals surface area contributed by atoms with Crippen molar-refractivity contribution < 1.29 is 0 Å². The van der Waals surface area contributed by atoms with Crippen molar-refractivity contribution in [1.82, 2.24) is 4.90 Å². The standard InChI is InChI=1S/C16H25ClN2/c1-3-19(11-13-5-4-6-13)16(10-18)14-8-7-12(2)15(17)9-14/h7-9,13,16H,3-6,10-11,18H2,1-2H3. The molecule has 1 atom stereocenters. The molecule has 2 N–H and O–H groups in total. The van der Waals surface area contributed by atoms with E-state index >= 15 is 0 Å². The molecule has 0 radical (unpaired) electrons. The summed E-state index contributed by atoms with van der Waals surface area (Å²) in [7, 11) is 0. The van der Waals surface area contributed by atoms with Crippen LogP contribution in [0.4, 0.5) is 0 Å². The SMILES string of the molecule is CCN(CC1CCC1)C(CN)c1ccc(C)c(Cl)c1. The molecule has 0 saturated heterocycles. The van der Waals surface area contributed by atoms with Crippen LogP contribution >= 0.6 is 11.6 Å². The van der Waals surface area contributed by atoms with Crippen LogP contribution in [0.1, 0.15) is 43.4 Å². The molecule has 1 saturated carbocycles. The Hall–Kier alpha value is -0.570. The Morgan fingerprint density at radius 2 is 2.16 bits per heavy atom. The number of nitrogens with two attached hydrogens (primary N) is 1. The van der Waals surface area contributed by atoms with Crippen LogP contribution in [0.15, 0.2) is 18.2 Å². The molecule has 106 valence electrons. The fourth-order valence-electron chi connectivity index (χ4n) is 2.80. The number of halogens is 1. The molecule has 1 aliphatic carbocycles. The van der Waals surface area contributed by atoms with Crippen molar-refractivity contribution in [2.75, 3.05) is 19.6 Å². The molecule has 1 fully saturated rings. The van der Waals surface area contributed by atoms with Gasteiger partial charge in [-0.3, -0.25) is 4.90 Å². The number of aryl methyl sites for hydroxylation is 1. The molecule has 2 rings (SSSR count). The number of nitrogens with zero attached hydrogens (tertiary/aromatic N) is 1. The molecule has 0 amide bonds. The molecule has 0 aromatic heterocycles. The second-order valence-corrected chi connectivity index (χ2v) is 6.05. The number of benzene rings is 1. The highest BCUT2D eigenvalue weighted by molar-refractivity contribution is 6.31. The van der Waals surface area contributed by atoms with E-state index in [9.17, 15) is 0 Å². The summed E-state index contributed by atoms with van der Waals surface area (Å²) >= 11 is 6.25. The van der Waals surface area contributed by atoms with E-state index in [0.29, 0.717) is 12.6 Å². The summed E-state index contributed by atoms with van der Waals surface area (Å²) in [4.78, 5) is 2.50. The third kappa shape index (κ3) is 3.50. The highest BCUT2D eigenvalue weighted by Gasteiger charge is 2.25. The van der Waals surface area contributed by atoms with Crippen molar-refractivity contribution in [3.05, 3.63) is 34.3 Å². The van der Waals surface area contributed by atoms with Crippen molar-refractivity contribution in [1.29, 1.82) is 0 Å². The van der Waals surface area contributed by atoms with E-state index in [2.05, 4.69) is 30.0 Å². The first-order valence-corrected chi connectivity index (χ1v) is 7.73. The quantitative estimate of drug-likeness (QED) is 0.859. The van der Waals surface area contributed by atoms with E-state index in [1.54, 1.807) is 0 Å². The van der Waals surface area contributed by atoms with Gasteiger partial charge in [-0.25, -0.2) is 0 Å². The van der Waals surface area contributed by atoms with Crippen molar-refractivity contribution in [3.63, 3.8) is 0 Å². The summed E-state index contributed by atoms with van der Waals surface area (Å²) in [6, 6.07) is 6.64. The molecule has 1 aromatic carbocycles. The maximum atomic E-state index is 6.25. The van der Waals surface area contributed by atoms with Crippen molar-refractivity contribution >= 4 is 11.6 Å². The van der Waals surface area contributed by atoms with E-state index in [4.69, 9.17) is 17.3 Å². The molecular formula is C16H25ClN2.